The van der Waals surface area contributed by atoms with Crippen LogP contribution in [0, 0.1) is 0 Å². The van der Waals surface area contributed by atoms with Gasteiger partial charge in [-0.3, -0.25) is 0 Å². The smallest absolute Gasteiger partial charge is 0.260 e. The van der Waals surface area contributed by atoms with Crippen LogP contribution in [-0.4, -0.2) is 6.71 Å². The van der Waals surface area contributed by atoms with E-state index < -0.39 is 0 Å². The Bertz CT molecular complexity index is 1320. The Morgan fingerprint density at radius 3 is 2.03 bits per heavy atom. The summed E-state index contributed by atoms with van der Waals surface area (Å²) in [5.74, 6) is 3.61. The lowest BCUT2D eigenvalue weighted by atomic mass is 9.34. The molecule has 0 bridgehead atoms. The van der Waals surface area contributed by atoms with Crippen LogP contribution < -0.4 is 25.9 Å². The standard InChI is InChI=1S/C28H23BO2/c1-28(2,3)20-10-5-4-9-19(20)18-15-16-24-22(17-18)29-21-11-6-7-12-23(21)30-25-13-8-14-26(31-24)27(25)29/h4-17H,1-3H3. The van der Waals surface area contributed by atoms with Crippen molar-refractivity contribution >= 4 is 23.1 Å². The lowest BCUT2D eigenvalue weighted by Gasteiger charge is -2.33. The summed E-state index contributed by atoms with van der Waals surface area (Å²) in [5, 5.41) is 0. The van der Waals surface area contributed by atoms with Crippen LogP contribution in [0.2, 0.25) is 0 Å². The van der Waals surface area contributed by atoms with Crippen LogP contribution in [0.1, 0.15) is 26.3 Å². The summed E-state index contributed by atoms with van der Waals surface area (Å²) in [4.78, 5) is 0. The molecular weight excluding hydrogens is 379 g/mol. The van der Waals surface area contributed by atoms with E-state index in [1.807, 2.05) is 24.3 Å². The van der Waals surface area contributed by atoms with Crippen molar-refractivity contribution in [2.24, 2.45) is 0 Å². The molecule has 0 spiro atoms. The van der Waals surface area contributed by atoms with Gasteiger partial charge in [-0.25, -0.2) is 0 Å². The van der Waals surface area contributed by atoms with Gasteiger partial charge in [0.25, 0.3) is 6.71 Å². The zero-order valence-electron chi connectivity index (χ0n) is 18.0. The molecule has 2 heterocycles. The maximum absolute atomic E-state index is 6.35. The second-order valence-corrected chi connectivity index (χ2v) is 9.39. The van der Waals surface area contributed by atoms with Gasteiger partial charge in [0, 0.05) is 5.46 Å². The number of fused-ring (bicyclic) bond motifs is 4. The lowest BCUT2D eigenvalue weighted by Crippen LogP contribution is -2.57. The number of para-hydroxylation sites is 1. The van der Waals surface area contributed by atoms with E-state index in [4.69, 9.17) is 9.47 Å². The molecule has 2 nitrogen and oxygen atoms in total. The minimum atomic E-state index is 0.0635. The van der Waals surface area contributed by atoms with Gasteiger partial charge < -0.3 is 9.47 Å². The number of hydrogen-bond acceptors (Lipinski definition) is 2. The second kappa shape index (κ2) is 6.52. The van der Waals surface area contributed by atoms with Crippen LogP contribution >= 0.6 is 0 Å². The van der Waals surface area contributed by atoms with Gasteiger partial charge in [0.15, 0.2) is 0 Å². The van der Waals surface area contributed by atoms with E-state index in [1.165, 1.54) is 27.6 Å². The number of rotatable bonds is 1. The normalized spacial score (nSPS) is 13.5. The third-order valence-electron chi connectivity index (χ3n) is 6.35. The highest BCUT2D eigenvalue weighted by atomic mass is 16.5. The fourth-order valence-electron chi connectivity index (χ4n) is 4.94. The average Bonchev–Trinajstić information content (AvgIpc) is 2.78. The Kier molecular flexibility index (Phi) is 3.85. The molecular formula is C28H23BO2. The third-order valence-corrected chi connectivity index (χ3v) is 6.35. The molecule has 0 N–H and O–H groups in total. The zero-order valence-corrected chi connectivity index (χ0v) is 18.0. The Morgan fingerprint density at radius 1 is 0.613 bits per heavy atom. The largest absolute Gasteiger partial charge is 0.458 e. The van der Waals surface area contributed by atoms with Crippen molar-refractivity contribution in [3.8, 4) is 34.1 Å². The molecule has 0 aromatic heterocycles. The predicted octanol–water partition coefficient (Wildman–Crippen LogP) is 5.38. The van der Waals surface area contributed by atoms with E-state index in [0.717, 1.165) is 28.5 Å². The highest BCUT2D eigenvalue weighted by Crippen LogP contribution is 2.37. The maximum Gasteiger partial charge on any atom is 0.260 e. The molecule has 150 valence electrons. The molecule has 0 saturated carbocycles. The molecule has 31 heavy (non-hydrogen) atoms. The monoisotopic (exact) mass is 402 g/mol. The molecule has 0 fully saturated rings. The van der Waals surface area contributed by atoms with E-state index in [2.05, 4.69) is 81.4 Å². The number of benzene rings is 4. The van der Waals surface area contributed by atoms with Crippen LogP contribution in [-0.2, 0) is 5.41 Å². The van der Waals surface area contributed by atoms with Crippen molar-refractivity contribution in [2.75, 3.05) is 0 Å². The Morgan fingerprint density at radius 2 is 1.26 bits per heavy atom. The van der Waals surface area contributed by atoms with Gasteiger partial charge in [-0.05, 0) is 57.3 Å². The maximum atomic E-state index is 6.35. The van der Waals surface area contributed by atoms with Crippen molar-refractivity contribution in [1.29, 1.82) is 0 Å². The molecule has 0 amide bonds. The molecule has 4 aromatic carbocycles. The molecule has 0 saturated heterocycles. The fourth-order valence-corrected chi connectivity index (χ4v) is 4.94. The highest BCUT2D eigenvalue weighted by Gasteiger charge is 2.39. The molecule has 3 heteroatoms. The molecule has 6 rings (SSSR count). The summed E-state index contributed by atoms with van der Waals surface area (Å²) in [6, 6.07) is 29.7. The van der Waals surface area contributed by atoms with Crippen molar-refractivity contribution in [1.82, 2.24) is 0 Å². The molecule has 0 atom stereocenters. The second-order valence-electron chi connectivity index (χ2n) is 9.39. The summed E-state index contributed by atoms with van der Waals surface area (Å²) in [7, 11) is 0. The van der Waals surface area contributed by atoms with Crippen LogP contribution in [0.5, 0.6) is 23.0 Å². The Hall–Kier alpha value is -3.46. The quantitative estimate of drug-likeness (QED) is 0.344. The van der Waals surface area contributed by atoms with Crippen molar-refractivity contribution in [3.05, 3.63) is 90.5 Å². The number of ether oxygens (including phenoxy) is 2. The van der Waals surface area contributed by atoms with Gasteiger partial charge in [0.2, 0.25) is 0 Å². The van der Waals surface area contributed by atoms with Crippen molar-refractivity contribution in [3.63, 3.8) is 0 Å². The van der Waals surface area contributed by atoms with Gasteiger partial charge in [-0.2, -0.15) is 0 Å². The number of hydrogen-bond donors (Lipinski definition) is 0. The van der Waals surface area contributed by atoms with Gasteiger partial charge in [0.05, 0.1) is 0 Å². The molecule has 2 aliphatic heterocycles. The zero-order chi connectivity index (χ0) is 21.2. The molecule has 2 aliphatic rings. The summed E-state index contributed by atoms with van der Waals surface area (Å²) in [6.07, 6.45) is 0. The first-order chi connectivity index (χ1) is 15.0. The SMILES string of the molecule is CC(C)(C)c1ccccc1-c1ccc2c(c1)B1c3ccccc3Oc3cccc(c31)O2. The summed E-state index contributed by atoms with van der Waals surface area (Å²) < 4.78 is 12.6. The highest BCUT2D eigenvalue weighted by molar-refractivity contribution is 6.98. The van der Waals surface area contributed by atoms with Gasteiger partial charge in [-0.15, -0.1) is 0 Å². The first kappa shape index (κ1) is 18.3. The van der Waals surface area contributed by atoms with Crippen LogP contribution in [0.4, 0.5) is 0 Å². The summed E-state index contributed by atoms with van der Waals surface area (Å²) in [6.45, 7) is 6.90. The van der Waals surface area contributed by atoms with Gasteiger partial charge in [-0.1, -0.05) is 81.4 Å². The molecule has 0 aliphatic carbocycles. The predicted molar refractivity (Wildman–Crippen MR) is 128 cm³/mol. The first-order valence-corrected chi connectivity index (χ1v) is 10.8. The van der Waals surface area contributed by atoms with E-state index in [1.54, 1.807) is 0 Å². The van der Waals surface area contributed by atoms with Crippen LogP contribution in [0.25, 0.3) is 11.1 Å². The summed E-state index contributed by atoms with van der Waals surface area (Å²) in [5.41, 5.74) is 7.41. The summed E-state index contributed by atoms with van der Waals surface area (Å²) >= 11 is 0. The van der Waals surface area contributed by atoms with Crippen LogP contribution in [0.3, 0.4) is 0 Å². The van der Waals surface area contributed by atoms with E-state index in [9.17, 15) is 0 Å². The van der Waals surface area contributed by atoms with Crippen molar-refractivity contribution < 1.29 is 9.47 Å². The first-order valence-electron chi connectivity index (χ1n) is 10.8. The third kappa shape index (κ3) is 2.80. The minimum absolute atomic E-state index is 0.0635. The van der Waals surface area contributed by atoms with E-state index in [0.29, 0.717) is 0 Å². The minimum Gasteiger partial charge on any atom is -0.458 e. The molecule has 0 radical (unpaired) electrons. The Labute approximate surface area is 183 Å². The van der Waals surface area contributed by atoms with Gasteiger partial charge >= 0.3 is 0 Å². The fraction of sp³-hybridized carbons (Fsp3) is 0.143. The van der Waals surface area contributed by atoms with E-state index >= 15 is 0 Å². The average molecular weight is 402 g/mol. The van der Waals surface area contributed by atoms with Crippen molar-refractivity contribution in [2.45, 2.75) is 26.2 Å². The van der Waals surface area contributed by atoms with E-state index in [-0.39, 0.29) is 12.1 Å². The Balaban J connectivity index is 1.59. The lowest BCUT2D eigenvalue weighted by molar-refractivity contribution is 0.464. The van der Waals surface area contributed by atoms with Gasteiger partial charge in [0.1, 0.15) is 23.0 Å². The topological polar surface area (TPSA) is 18.5 Å². The molecule has 0 unspecified atom stereocenters. The van der Waals surface area contributed by atoms with Crippen LogP contribution in [0.15, 0.2) is 84.9 Å². The molecule has 4 aromatic rings.